The summed E-state index contributed by atoms with van der Waals surface area (Å²) in [5, 5.41) is 2.47. The molecule has 0 radical (unpaired) electrons. The lowest BCUT2D eigenvalue weighted by atomic mass is 10.2. The van der Waals surface area contributed by atoms with Crippen molar-refractivity contribution in [3.63, 3.8) is 0 Å². The van der Waals surface area contributed by atoms with Crippen LogP contribution in [0.4, 0.5) is 23.7 Å². The van der Waals surface area contributed by atoms with Gasteiger partial charge in [0, 0.05) is 12.6 Å². The second-order valence-corrected chi connectivity index (χ2v) is 5.43. The number of rotatable bonds is 6. The molecule has 2 amide bonds. The van der Waals surface area contributed by atoms with Crippen LogP contribution < -0.4 is 15.0 Å². The van der Waals surface area contributed by atoms with Crippen molar-refractivity contribution in [3.8, 4) is 5.75 Å². The number of amides is 2. The minimum absolute atomic E-state index is 0.000908. The molecular formula is C16H17F3N2O5. The Morgan fingerprint density at radius 3 is 2.92 bits per heavy atom. The highest BCUT2D eigenvalue weighted by Crippen LogP contribution is 2.29. The zero-order chi connectivity index (χ0) is 19.3. The van der Waals surface area contributed by atoms with Crippen molar-refractivity contribution in [2.45, 2.75) is 19.7 Å². The summed E-state index contributed by atoms with van der Waals surface area (Å²) < 4.78 is 51.0. The third-order valence-corrected chi connectivity index (χ3v) is 3.34. The van der Waals surface area contributed by atoms with Crippen molar-refractivity contribution in [2.24, 2.45) is 5.92 Å². The maximum Gasteiger partial charge on any atom is 0.573 e. The first-order chi connectivity index (χ1) is 12.2. The molecule has 0 bridgehead atoms. The zero-order valence-corrected chi connectivity index (χ0v) is 13.8. The van der Waals surface area contributed by atoms with Crippen LogP contribution in [0, 0.1) is 5.92 Å². The lowest BCUT2D eigenvalue weighted by molar-refractivity contribution is -0.274. The molecule has 1 fully saturated rings. The van der Waals surface area contributed by atoms with Crippen LogP contribution in [0.1, 0.15) is 6.92 Å². The molecule has 1 aliphatic heterocycles. The molecule has 1 aliphatic rings. The van der Waals surface area contributed by atoms with Gasteiger partial charge in [-0.25, -0.2) is 9.69 Å². The van der Waals surface area contributed by atoms with Gasteiger partial charge >= 0.3 is 12.5 Å². The normalized spacial score (nSPS) is 18.4. The largest absolute Gasteiger partial charge is 0.573 e. The van der Waals surface area contributed by atoms with E-state index in [0.717, 1.165) is 17.0 Å². The Morgan fingerprint density at radius 2 is 2.27 bits per heavy atom. The van der Waals surface area contributed by atoms with E-state index in [1.54, 1.807) is 6.08 Å². The van der Waals surface area contributed by atoms with Gasteiger partial charge in [-0.05, 0) is 18.1 Å². The molecule has 7 nitrogen and oxygen atoms in total. The first-order valence-corrected chi connectivity index (χ1v) is 7.56. The highest BCUT2D eigenvalue weighted by molar-refractivity contribution is 5.96. The number of halogens is 3. The van der Waals surface area contributed by atoms with Gasteiger partial charge in [-0.1, -0.05) is 19.1 Å². The average molecular weight is 374 g/mol. The first-order valence-electron chi connectivity index (χ1n) is 7.56. The second kappa shape index (κ2) is 8.09. The predicted molar refractivity (Wildman–Crippen MR) is 84.2 cm³/mol. The van der Waals surface area contributed by atoms with E-state index in [4.69, 9.17) is 9.47 Å². The van der Waals surface area contributed by atoms with Crippen LogP contribution in [0.2, 0.25) is 0 Å². The maximum absolute atomic E-state index is 12.3. The first kappa shape index (κ1) is 19.6. The maximum atomic E-state index is 12.3. The van der Waals surface area contributed by atoms with Crippen LogP contribution in [-0.4, -0.2) is 37.9 Å². The summed E-state index contributed by atoms with van der Waals surface area (Å²) in [5.74, 6) is -1.09. The van der Waals surface area contributed by atoms with Crippen LogP contribution >= 0.6 is 0 Å². The fraction of sp³-hybridized carbons (Fsp3) is 0.375. The number of ether oxygens (including phenoxy) is 3. The lowest BCUT2D eigenvalue weighted by Gasteiger charge is -2.23. The molecule has 0 saturated carbocycles. The average Bonchev–Trinajstić information content (AvgIpc) is 2.91. The Labute approximate surface area is 147 Å². The van der Waals surface area contributed by atoms with E-state index in [1.807, 2.05) is 6.92 Å². The number of benzene rings is 1. The molecule has 1 aromatic rings. The smallest absolute Gasteiger partial charge is 0.406 e. The number of alkyl halides is 3. The highest BCUT2D eigenvalue weighted by Gasteiger charge is 2.37. The Morgan fingerprint density at radius 1 is 1.54 bits per heavy atom. The zero-order valence-electron chi connectivity index (χ0n) is 13.8. The molecule has 2 unspecified atom stereocenters. The standard InChI is InChI=1S/C16H17F3N2O5/c1-3-10(2)8-20-14(23)25-15-21(13(22)9-24-15)11-5-4-6-12(7-11)26-16(17,18)19/h3-7,10,15H,1,8-9H2,2H3,(H,20,23). The molecule has 1 saturated heterocycles. The summed E-state index contributed by atoms with van der Waals surface area (Å²) in [4.78, 5) is 24.7. The number of nitrogens with one attached hydrogen (secondary N) is 1. The quantitative estimate of drug-likeness (QED) is 0.775. The molecule has 0 spiro atoms. The number of carbonyl (C=O) groups excluding carboxylic acids is 2. The van der Waals surface area contributed by atoms with E-state index in [1.165, 1.54) is 12.1 Å². The highest BCUT2D eigenvalue weighted by atomic mass is 19.4. The molecule has 1 aromatic carbocycles. The van der Waals surface area contributed by atoms with Crippen LogP contribution in [-0.2, 0) is 14.3 Å². The molecule has 2 atom stereocenters. The number of alkyl carbamates (subject to hydrolysis) is 1. The Hall–Kier alpha value is -2.75. The van der Waals surface area contributed by atoms with Gasteiger partial charge in [0.05, 0.1) is 5.69 Å². The Bertz CT molecular complexity index is 680. The van der Waals surface area contributed by atoms with Gasteiger partial charge in [0.25, 0.3) is 12.3 Å². The van der Waals surface area contributed by atoms with Crippen molar-refractivity contribution in [1.29, 1.82) is 0 Å². The molecule has 0 aromatic heterocycles. The Balaban J connectivity index is 2.08. The summed E-state index contributed by atoms with van der Waals surface area (Å²) >= 11 is 0. The summed E-state index contributed by atoms with van der Waals surface area (Å²) in [7, 11) is 0. The topological polar surface area (TPSA) is 77.1 Å². The van der Waals surface area contributed by atoms with Crippen LogP contribution in [0.25, 0.3) is 0 Å². The fourth-order valence-corrected chi connectivity index (χ4v) is 2.05. The summed E-state index contributed by atoms with van der Waals surface area (Å²) in [5.41, 5.74) is 0.0338. The van der Waals surface area contributed by atoms with E-state index < -0.39 is 30.5 Å². The van der Waals surface area contributed by atoms with Crippen molar-refractivity contribution in [3.05, 3.63) is 36.9 Å². The van der Waals surface area contributed by atoms with Gasteiger partial charge in [-0.15, -0.1) is 19.8 Å². The molecular weight excluding hydrogens is 357 g/mol. The van der Waals surface area contributed by atoms with Crippen molar-refractivity contribution in [2.75, 3.05) is 18.1 Å². The number of carbonyl (C=O) groups is 2. The van der Waals surface area contributed by atoms with E-state index in [-0.39, 0.29) is 24.8 Å². The predicted octanol–water partition coefficient (Wildman–Crippen LogP) is 2.78. The van der Waals surface area contributed by atoms with Crippen molar-refractivity contribution >= 4 is 17.7 Å². The molecule has 2 rings (SSSR count). The third-order valence-electron chi connectivity index (χ3n) is 3.34. The number of hydrogen-bond donors (Lipinski definition) is 1. The number of nitrogens with zero attached hydrogens (tertiary/aromatic N) is 1. The van der Waals surface area contributed by atoms with Gasteiger partial charge in [0.15, 0.2) is 0 Å². The minimum Gasteiger partial charge on any atom is -0.406 e. The molecule has 142 valence electrons. The third kappa shape index (κ3) is 5.38. The van der Waals surface area contributed by atoms with Crippen LogP contribution in [0.15, 0.2) is 36.9 Å². The van der Waals surface area contributed by atoms with E-state index in [2.05, 4.69) is 16.6 Å². The van der Waals surface area contributed by atoms with Gasteiger partial charge < -0.3 is 19.5 Å². The SMILES string of the molecule is C=CC(C)CNC(=O)OC1OCC(=O)N1c1cccc(OC(F)(F)F)c1. The van der Waals surface area contributed by atoms with Gasteiger partial charge in [0.2, 0.25) is 0 Å². The van der Waals surface area contributed by atoms with Gasteiger partial charge in [0.1, 0.15) is 12.4 Å². The minimum atomic E-state index is -4.87. The fourth-order valence-electron chi connectivity index (χ4n) is 2.05. The number of anilines is 1. The van der Waals surface area contributed by atoms with Crippen molar-refractivity contribution < 1.29 is 37.0 Å². The second-order valence-electron chi connectivity index (χ2n) is 5.43. The van der Waals surface area contributed by atoms with Crippen LogP contribution in [0.3, 0.4) is 0 Å². The molecule has 1 heterocycles. The van der Waals surface area contributed by atoms with Crippen LogP contribution in [0.5, 0.6) is 5.75 Å². The van der Waals surface area contributed by atoms with E-state index in [9.17, 15) is 22.8 Å². The van der Waals surface area contributed by atoms with Gasteiger partial charge in [-0.2, -0.15) is 0 Å². The van der Waals surface area contributed by atoms with E-state index >= 15 is 0 Å². The number of hydrogen-bond acceptors (Lipinski definition) is 5. The molecule has 0 aliphatic carbocycles. The van der Waals surface area contributed by atoms with Gasteiger partial charge in [-0.3, -0.25) is 4.79 Å². The lowest BCUT2D eigenvalue weighted by Crippen LogP contribution is -2.40. The molecule has 26 heavy (non-hydrogen) atoms. The molecule has 1 N–H and O–H groups in total. The summed E-state index contributed by atoms with van der Waals surface area (Å²) in [6, 6.07) is 4.71. The summed E-state index contributed by atoms with van der Waals surface area (Å²) in [6.45, 7) is 5.27. The summed E-state index contributed by atoms with van der Waals surface area (Å²) in [6.07, 6.45) is -5.48. The monoisotopic (exact) mass is 374 g/mol. The Kier molecular flexibility index (Phi) is 6.09. The molecule has 10 heteroatoms. The van der Waals surface area contributed by atoms with Crippen molar-refractivity contribution in [1.82, 2.24) is 5.32 Å². The van der Waals surface area contributed by atoms with E-state index in [0.29, 0.717) is 0 Å².